The van der Waals surface area contributed by atoms with Crippen LogP contribution in [0.25, 0.3) is 0 Å². The van der Waals surface area contributed by atoms with Crippen molar-refractivity contribution in [2.75, 3.05) is 13.7 Å². The summed E-state index contributed by atoms with van der Waals surface area (Å²) in [5.74, 6) is 0.730. The number of rotatable bonds is 4. The van der Waals surface area contributed by atoms with Gasteiger partial charge >= 0.3 is 0 Å². The van der Waals surface area contributed by atoms with Gasteiger partial charge in [-0.3, -0.25) is 4.79 Å². The van der Waals surface area contributed by atoms with E-state index < -0.39 is 0 Å². The van der Waals surface area contributed by atoms with Crippen LogP contribution >= 0.6 is 0 Å². The lowest BCUT2D eigenvalue weighted by Crippen LogP contribution is -2.66. The SMILES string of the molecule is CCO[C@H]1C[C@H](N(C)C(=O)C2CCC2)C12CCCCC2. The summed E-state index contributed by atoms with van der Waals surface area (Å²) in [6, 6.07) is 0.437. The van der Waals surface area contributed by atoms with E-state index in [0.717, 1.165) is 25.9 Å². The molecule has 2 atom stereocenters. The van der Waals surface area contributed by atoms with Crippen LogP contribution in [0, 0.1) is 11.3 Å². The molecule has 3 nitrogen and oxygen atoms in total. The summed E-state index contributed by atoms with van der Waals surface area (Å²) in [6.45, 7) is 2.90. The Kier molecular flexibility index (Phi) is 4.07. The van der Waals surface area contributed by atoms with Crippen LogP contribution in [0.2, 0.25) is 0 Å². The van der Waals surface area contributed by atoms with E-state index in [1.807, 2.05) is 7.05 Å². The van der Waals surface area contributed by atoms with Crippen molar-refractivity contribution in [3.05, 3.63) is 0 Å². The number of ether oxygens (including phenoxy) is 1. The van der Waals surface area contributed by atoms with Crippen LogP contribution in [0.1, 0.15) is 64.7 Å². The van der Waals surface area contributed by atoms with E-state index in [1.54, 1.807) is 0 Å². The zero-order valence-electron chi connectivity index (χ0n) is 13.1. The Labute approximate surface area is 123 Å². The Bertz CT molecular complexity index is 358. The van der Waals surface area contributed by atoms with Gasteiger partial charge in [-0.1, -0.05) is 25.7 Å². The second kappa shape index (κ2) is 5.67. The van der Waals surface area contributed by atoms with Gasteiger partial charge in [0.05, 0.1) is 6.10 Å². The van der Waals surface area contributed by atoms with Crippen molar-refractivity contribution in [1.29, 1.82) is 0 Å². The van der Waals surface area contributed by atoms with Crippen LogP contribution in [-0.2, 0) is 9.53 Å². The molecule has 0 unspecified atom stereocenters. The first-order valence-electron chi connectivity index (χ1n) is 8.57. The number of nitrogens with zero attached hydrogens (tertiary/aromatic N) is 1. The molecule has 3 aliphatic rings. The smallest absolute Gasteiger partial charge is 0.225 e. The minimum absolute atomic E-state index is 0.280. The summed E-state index contributed by atoms with van der Waals surface area (Å²) in [6.07, 6.45) is 11.4. The highest BCUT2D eigenvalue weighted by molar-refractivity contribution is 5.80. The van der Waals surface area contributed by atoms with Crippen molar-refractivity contribution >= 4 is 5.91 Å². The van der Waals surface area contributed by atoms with E-state index in [1.165, 1.54) is 38.5 Å². The molecule has 0 aliphatic heterocycles. The lowest BCUT2D eigenvalue weighted by molar-refractivity contribution is -0.188. The molecule has 0 N–H and O–H groups in total. The van der Waals surface area contributed by atoms with Gasteiger partial charge in [-0.15, -0.1) is 0 Å². The molecule has 0 radical (unpaired) electrons. The molecule has 0 heterocycles. The van der Waals surface area contributed by atoms with Gasteiger partial charge in [0.25, 0.3) is 0 Å². The average molecular weight is 279 g/mol. The number of hydrogen-bond donors (Lipinski definition) is 0. The lowest BCUT2D eigenvalue weighted by Gasteiger charge is -2.60. The Morgan fingerprint density at radius 2 is 1.90 bits per heavy atom. The Balaban J connectivity index is 1.70. The van der Waals surface area contributed by atoms with Crippen molar-refractivity contribution in [2.45, 2.75) is 76.9 Å². The second-order valence-corrected chi connectivity index (χ2v) is 7.07. The van der Waals surface area contributed by atoms with E-state index >= 15 is 0 Å². The molecular weight excluding hydrogens is 250 g/mol. The summed E-state index contributed by atoms with van der Waals surface area (Å²) >= 11 is 0. The largest absolute Gasteiger partial charge is 0.378 e. The molecule has 0 bridgehead atoms. The quantitative estimate of drug-likeness (QED) is 0.789. The topological polar surface area (TPSA) is 29.5 Å². The molecule has 0 aromatic heterocycles. The molecule has 114 valence electrons. The predicted molar refractivity (Wildman–Crippen MR) is 79.4 cm³/mol. The molecule has 20 heavy (non-hydrogen) atoms. The van der Waals surface area contributed by atoms with Crippen LogP contribution in [0.3, 0.4) is 0 Å². The van der Waals surface area contributed by atoms with Gasteiger partial charge in [0.1, 0.15) is 0 Å². The predicted octanol–water partition coefficient (Wildman–Crippen LogP) is 3.37. The van der Waals surface area contributed by atoms with Crippen molar-refractivity contribution in [3.8, 4) is 0 Å². The minimum atomic E-state index is 0.280. The summed E-state index contributed by atoms with van der Waals surface area (Å²) in [7, 11) is 2.05. The molecule has 1 amide bonds. The summed E-state index contributed by atoms with van der Waals surface area (Å²) in [5, 5.41) is 0. The maximum atomic E-state index is 12.5. The summed E-state index contributed by atoms with van der Waals surface area (Å²) < 4.78 is 5.99. The van der Waals surface area contributed by atoms with E-state index in [0.29, 0.717) is 24.0 Å². The van der Waals surface area contributed by atoms with Crippen molar-refractivity contribution in [2.24, 2.45) is 11.3 Å². The molecule has 3 heteroatoms. The first kappa shape index (κ1) is 14.4. The molecule has 0 aromatic rings. The molecular formula is C17H29NO2. The monoisotopic (exact) mass is 279 g/mol. The fourth-order valence-electron chi connectivity index (χ4n) is 4.67. The standard InChI is InChI=1S/C17H29NO2/c1-3-20-15-12-14(17(15)10-5-4-6-11-17)18(2)16(19)13-8-7-9-13/h13-15H,3-12H2,1-2H3/t14-,15-/m0/s1. The highest BCUT2D eigenvalue weighted by Gasteiger charge is 2.58. The zero-order chi connectivity index (χ0) is 14.2. The fourth-order valence-corrected chi connectivity index (χ4v) is 4.67. The van der Waals surface area contributed by atoms with E-state index in [-0.39, 0.29) is 5.41 Å². The zero-order valence-corrected chi connectivity index (χ0v) is 13.1. The third-order valence-electron chi connectivity index (χ3n) is 6.16. The summed E-state index contributed by atoms with van der Waals surface area (Å²) in [4.78, 5) is 14.6. The molecule has 1 spiro atoms. The Hall–Kier alpha value is -0.570. The molecule has 3 fully saturated rings. The third-order valence-corrected chi connectivity index (χ3v) is 6.16. The number of amides is 1. The Morgan fingerprint density at radius 3 is 2.45 bits per heavy atom. The average Bonchev–Trinajstić information content (AvgIpc) is 2.41. The summed E-state index contributed by atoms with van der Waals surface area (Å²) in [5.41, 5.74) is 0.280. The molecule has 0 aromatic carbocycles. The van der Waals surface area contributed by atoms with Gasteiger partial charge in [-0.25, -0.2) is 0 Å². The molecule has 0 saturated heterocycles. The van der Waals surface area contributed by atoms with Gasteiger partial charge < -0.3 is 9.64 Å². The highest BCUT2D eigenvalue weighted by atomic mass is 16.5. The number of hydrogen-bond acceptors (Lipinski definition) is 2. The van der Waals surface area contributed by atoms with Crippen molar-refractivity contribution in [3.63, 3.8) is 0 Å². The highest BCUT2D eigenvalue weighted by Crippen LogP contribution is 2.55. The lowest BCUT2D eigenvalue weighted by atomic mass is 9.54. The van der Waals surface area contributed by atoms with E-state index in [2.05, 4.69) is 11.8 Å². The van der Waals surface area contributed by atoms with Crippen LogP contribution < -0.4 is 0 Å². The van der Waals surface area contributed by atoms with E-state index in [4.69, 9.17) is 4.74 Å². The third kappa shape index (κ3) is 2.18. The number of carbonyl (C=O) groups is 1. The maximum Gasteiger partial charge on any atom is 0.225 e. The van der Waals surface area contributed by atoms with Gasteiger partial charge in [0.15, 0.2) is 0 Å². The first-order chi connectivity index (χ1) is 9.69. The van der Waals surface area contributed by atoms with Gasteiger partial charge in [0, 0.05) is 31.0 Å². The second-order valence-electron chi connectivity index (χ2n) is 7.07. The van der Waals surface area contributed by atoms with Gasteiger partial charge in [-0.2, -0.15) is 0 Å². The van der Waals surface area contributed by atoms with Crippen molar-refractivity contribution in [1.82, 2.24) is 4.90 Å². The first-order valence-corrected chi connectivity index (χ1v) is 8.57. The van der Waals surface area contributed by atoms with Gasteiger partial charge in [-0.05, 0) is 39.0 Å². The molecule has 3 aliphatic carbocycles. The van der Waals surface area contributed by atoms with Crippen LogP contribution in [-0.4, -0.2) is 36.6 Å². The number of carbonyl (C=O) groups excluding carboxylic acids is 1. The van der Waals surface area contributed by atoms with Crippen LogP contribution in [0.15, 0.2) is 0 Å². The maximum absolute atomic E-state index is 12.5. The molecule has 3 saturated carbocycles. The van der Waals surface area contributed by atoms with Crippen LogP contribution in [0.4, 0.5) is 0 Å². The normalized spacial score (nSPS) is 32.5. The van der Waals surface area contributed by atoms with E-state index in [9.17, 15) is 4.79 Å². The van der Waals surface area contributed by atoms with Crippen molar-refractivity contribution < 1.29 is 9.53 Å². The van der Waals surface area contributed by atoms with Crippen LogP contribution in [0.5, 0.6) is 0 Å². The molecule has 3 rings (SSSR count). The minimum Gasteiger partial charge on any atom is -0.378 e. The van der Waals surface area contributed by atoms with Gasteiger partial charge in [0.2, 0.25) is 5.91 Å². The Morgan fingerprint density at radius 1 is 1.20 bits per heavy atom. The fraction of sp³-hybridized carbons (Fsp3) is 0.941.